The number of aliphatic hydroxyl groups excluding tert-OH is 1. The fourth-order valence-corrected chi connectivity index (χ4v) is 3.12. The van der Waals surface area contributed by atoms with Crippen LogP contribution in [0.25, 0.3) is 11.0 Å². The average Bonchev–Trinajstić information content (AvgIpc) is 2.88. The van der Waals surface area contributed by atoms with Gasteiger partial charge in [0.15, 0.2) is 0 Å². The lowest BCUT2D eigenvalue weighted by Gasteiger charge is -2.18. The van der Waals surface area contributed by atoms with Gasteiger partial charge in [-0.05, 0) is 49.1 Å². The Hall–Kier alpha value is -2.33. The largest absolute Gasteiger partial charge is 0.491 e. The predicted molar refractivity (Wildman–Crippen MR) is 101 cm³/mol. The van der Waals surface area contributed by atoms with Gasteiger partial charge in [0.05, 0.1) is 17.6 Å². The van der Waals surface area contributed by atoms with Gasteiger partial charge in [0.1, 0.15) is 24.3 Å². The van der Waals surface area contributed by atoms with E-state index in [1.807, 2.05) is 48.7 Å². The zero-order valence-electron chi connectivity index (χ0n) is 15.4. The van der Waals surface area contributed by atoms with Crippen molar-refractivity contribution in [3.8, 4) is 5.75 Å². The quantitative estimate of drug-likeness (QED) is 0.732. The predicted octanol–water partition coefficient (Wildman–Crippen LogP) is 4.22. The number of fused-ring (bicyclic) bond motifs is 1. The summed E-state index contributed by atoms with van der Waals surface area (Å²) in [5.74, 6) is 2.15. The smallest absolute Gasteiger partial charge is 0.123 e. The summed E-state index contributed by atoms with van der Waals surface area (Å²) in [6.45, 7) is 9.04. The summed E-state index contributed by atoms with van der Waals surface area (Å²) in [7, 11) is 0. The highest BCUT2D eigenvalue weighted by atomic mass is 16.5. The second kappa shape index (κ2) is 7.28. The van der Waals surface area contributed by atoms with Crippen LogP contribution in [0.15, 0.2) is 42.5 Å². The molecule has 1 heterocycles. The maximum atomic E-state index is 10.5. The minimum absolute atomic E-state index is 0.259. The highest BCUT2D eigenvalue weighted by Gasteiger charge is 2.14. The van der Waals surface area contributed by atoms with Crippen LogP contribution in [-0.2, 0) is 6.54 Å². The molecule has 0 saturated carbocycles. The Morgan fingerprint density at radius 2 is 1.88 bits per heavy atom. The molecule has 0 bridgehead atoms. The third-order valence-electron chi connectivity index (χ3n) is 4.46. The van der Waals surface area contributed by atoms with E-state index in [4.69, 9.17) is 4.74 Å². The molecule has 3 aromatic rings. The zero-order valence-corrected chi connectivity index (χ0v) is 15.4. The molecular weight excluding hydrogens is 312 g/mol. The van der Waals surface area contributed by atoms with E-state index < -0.39 is 6.10 Å². The first-order valence-electron chi connectivity index (χ1n) is 8.79. The van der Waals surface area contributed by atoms with E-state index in [-0.39, 0.29) is 6.61 Å². The van der Waals surface area contributed by atoms with Crippen molar-refractivity contribution in [2.45, 2.75) is 46.3 Å². The Kier molecular flexibility index (Phi) is 5.09. The Bertz CT molecular complexity index is 867. The maximum Gasteiger partial charge on any atom is 0.123 e. The number of aliphatic hydroxyl groups is 1. The van der Waals surface area contributed by atoms with Gasteiger partial charge in [0, 0.05) is 0 Å². The number of rotatable bonds is 6. The van der Waals surface area contributed by atoms with Crippen LogP contribution in [0.4, 0.5) is 0 Å². The summed E-state index contributed by atoms with van der Waals surface area (Å²) in [5.41, 5.74) is 4.32. The summed E-state index contributed by atoms with van der Waals surface area (Å²) in [4.78, 5) is 4.54. The van der Waals surface area contributed by atoms with Crippen molar-refractivity contribution in [3.63, 3.8) is 0 Å². The van der Waals surface area contributed by atoms with Gasteiger partial charge in [0.2, 0.25) is 0 Å². The number of ether oxygens (including phenoxy) is 1. The van der Waals surface area contributed by atoms with Crippen LogP contribution in [0.2, 0.25) is 0 Å². The lowest BCUT2D eigenvalue weighted by Crippen LogP contribution is -2.24. The van der Waals surface area contributed by atoms with Crippen LogP contribution in [0, 0.1) is 13.8 Å². The van der Waals surface area contributed by atoms with Gasteiger partial charge in [-0.3, -0.25) is 0 Å². The van der Waals surface area contributed by atoms with E-state index in [2.05, 4.69) is 31.0 Å². The third kappa shape index (κ3) is 3.85. The molecular formula is C21H26N2O2. The Morgan fingerprint density at radius 1 is 1.12 bits per heavy atom. The van der Waals surface area contributed by atoms with Gasteiger partial charge in [-0.25, -0.2) is 4.98 Å². The second-order valence-corrected chi connectivity index (χ2v) is 6.92. The molecule has 1 atom stereocenters. The lowest BCUT2D eigenvalue weighted by atomic mass is 10.0. The number of aromatic nitrogens is 2. The molecule has 2 aromatic carbocycles. The number of imidazole rings is 1. The summed E-state index contributed by atoms with van der Waals surface area (Å²) in [5, 5.41) is 10.5. The van der Waals surface area contributed by atoms with E-state index >= 15 is 0 Å². The molecule has 132 valence electrons. The first-order valence-corrected chi connectivity index (χ1v) is 8.79. The van der Waals surface area contributed by atoms with Gasteiger partial charge >= 0.3 is 0 Å². The summed E-state index contributed by atoms with van der Waals surface area (Å²) >= 11 is 0. The number of hydrogen-bond donors (Lipinski definition) is 1. The fourth-order valence-electron chi connectivity index (χ4n) is 3.12. The van der Waals surface area contributed by atoms with Gasteiger partial charge < -0.3 is 14.4 Å². The average molecular weight is 338 g/mol. The molecule has 1 aromatic heterocycles. The number of aryl methyl sites for hydroxylation is 2. The Morgan fingerprint density at radius 3 is 2.64 bits per heavy atom. The zero-order chi connectivity index (χ0) is 18.0. The molecule has 0 radical (unpaired) electrons. The SMILES string of the molecule is Cc1ccc(C(C)C)c(OC[C@@H](O)Cn2c(C)nc3ccccc32)c1. The molecule has 25 heavy (non-hydrogen) atoms. The van der Waals surface area contributed by atoms with Gasteiger partial charge in [-0.15, -0.1) is 0 Å². The van der Waals surface area contributed by atoms with Crippen LogP contribution in [0.5, 0.6) is 5.75 Å². The van der Waals surface area contributed by atoms with Gasteiger partial charge in [-0.1, -0.05) is 38.1 Å². The van der Waals surface area contributed by atoms with Gasteiger partial charge in [0.25, 0.3) is 0 Å². The van der Waals surface area contributed by atoms with Crippen molar-refractivity contribution in [1.82, 2.24) is 9.55 Å². The lowest BCUT2D eigenvalue weighted by molar-refractivity contribution is 0.0923. The minimum Gasteiger partial charge on any atom is -0.491 e. The highest BCUT2D eigenvalue weighted by Crippen LogP contribution is 2.27. The third-order valence-corrected chi connectivity index (χ3v) is 4.46. The molecule has 0 spiro atoms. The molecule has 0 aliphatic rings. The molecule has 0 unspecified atom stereocenters. The standard InChI is InChI=1S/C21H26N2O2/c1-14(2)18-10-9-15(3)11-21(18)25-13-17(24)12-23-16(4)22-19-7-5-6-8-20(19)23/h5-11,14,17,24H,12-13H2,1-4H3/t17-/m0/s1. The monoisotopic (exact) mass is 338 g/mol. The number of benzene rings is 2. The number of nitrogens with zero attached hydrogens (tertiary/aromatic N) is 2. The molecule has 4 nitrogen and oxygen atoms in total. The molecule has 0 amide bonds. The van der Waals surface area contributed by atoms with Crippen LogP contribution in [-0.4, -0.2) is 27.4 Å². The Balaban J connectivity index is 1.72. The van der Waals surface area contributed by atoms with Crippen molar-refractivity contribution in [2.75, 3.05) is 6.61 Å². The first kappa shape index (κ1) is 17.5. The Labute approximate surface area is 149 Å². The molecule has 0 saturated heterocycles. The van der Waals surface area contributed by atoms with E-state index in [0.717, 1.165) is 28.2 Å². The normalized spacial score (nSPS) is 12.7. The molecule has 4 heteroatoms. The summed E-state index contributed by atoms with van der Waals surface area (Å²) in [6.07, 6.45) is -0.600. The van der Waals surface area contributed by atoms with Crippen LogP contribution in [0.3, 0.4) is 0 Å². The summed E-state index contributed by atoms with van der Waals surface area (Å²) < 4.78 is 8.00. The summed E-state index contributed by atoms with van der Waals surface area (Å²) in [6, 6.07) is 14.2. The molecule has 0 aliphatic carbocycles. The number of para-hydroxylation sites is 2. The van der Waals surface area contributed by atoms with E-state index in [1.54, 1.807) is 0 Å². The second-order valence-electron chi connectivity index (χ2n) is 6.92. The minimum atomic E-state index is -0.600. The van der Waals surface area contributed by atoms with Crippen LogP contribution in [0.1, 0.15) is 36.7 Å². The maximum absolute atomic E-state index is 10.5. The van der Waals surface area contributed by atoms with Crippen molar-refractivity contribution in [2.24, 2.45) is 0 Å². The fraction of sp³-hybridized carbons (Fsp3) is 0.381. The van der Waals surface area contributed by atoms with Crippen LogP contribution < -0.4 is 4.74 Å². The van der Waals surface area contributed by atoms with Crippen molar-refractivity contribution >= 4 is 11.0 Å². The van der Waals surface area contributed by atoms with Crippen molar-refractivity contribution in [3.05, 3.63) is 59.4 Å². The van der Waals surface area contributed by atoms with Crippen LogP contribution >= 0.6 is 0 Å². The number of hydrogen-bond acceptors (Lipinski definition) is 3. The highest BCUT2D eigenvalue weighted by molar-refractivity contribution is 5.75. The van der Waals surface area contributed by atoms with Crippen molar-refractivity contribution < 1.29 is 9.84 Å². The van der Waals surface area contributed by atoms with Gasteiger partial charge in [-0.2, -0.15) is 0 Å². The van der Waals surface area contributed by atoms with E-state index in [0.29, 0.717) is 12.5 Å². The molecule has 0 fully saturated rings. The molecule has 1 N–H and O–H groups in total. The van der Waals surface area contributed by atoms with E-state index in [1.165, 1.54) is 5.56 Å². The van der Waals surface area contributed by atoms with E-state index in [9.17, 15) is 5.11 Å². The topological polar surface area (TPSA) is 47.3 Å². The van der Waals surface area contributed by atoms with Crippen molar-refractivity contribution in [1.29, 1.82) is 0 Å². The molecule has 3 rings (SSSR count). The molecule has 0 aliphatic heterocycles. The first-order chi connectivity index (χ1) is 12.0.